The molecule has 0 N–H and O–H groups in total. The molecule has 1 nitrogen and oxygen atoms in total. The summed E-state index contributed by atoms with van der Waals surface area (Å²) in [6.07, 6.45) is 6.68. The van der Waals surface area contributed by atoms with E-state index >= 15 is 0 Å². The molecule has 0 saturated heterocycles. The highest BCUT2D eigenvalue weighted by atomic mass is 16.5. The Morgan fingerprint density at radius 2 is 2.15 bits per heavy atom. The number of aryl methyl sites for hydroxylation is 1. The van der Waals surface area contributed by atoms with E-state index in [0.717, 1.165) is 18.6 Å². The van der Waals surface area contributed by atoms with Crippen LogP contribution in [-0.4, -0.2) is 7.11 Å². The second-order valence-corrected chi connectivity index (χ2v) is 3.42. The molecule has 0 aromatic heterocycles. The summed E-state index contributed by atoms with van der Waals surface area (Å²) in [5, 5.41) is 0. The molecule has 2 rings (SSSR count). The van der Waals surface area contributed by atoms with Crippen molar-refractivity contribution in [1.82, 2.24) is 0 Å². The fourth-order valence-corrected chi connectivity index (χ4v) is 1.87. The maximum absolute atomic E-state index is 5.33. The van der Waals surface area contributed by atoms with Crippen molar-refractivity contribution in [2.45, 2.75) is 19.8 Å². The number of hydrogen-bond donors (Lipinski definition) is 0. The quantitative estimate of drug-likeness (QED) is 0.636. The zero-order valence-corrected chi connectivity index (χ0v) is 8.13. The number of allylic oxidation sites excluding steroid dienone is 1. The van der Waals surface area contributed by atoms with Crippen LogP contribution in [0.5, 0.6) is 5.75 Å². The predicted molar refractivity (Wildman–Crippen MR) is 55.1 cm³/mol. The lowest BCUT2D eigenvalue weighted by molar-refractivity contribution is 0.409. The van der Waals surface area contributed by atoms with Crippen molar-refractivity contribution in [2.24, 2.45) is 0 Å². The van der Waals surface area contributed by atoms with Crippen LogP contribution < -0.4 is 4.74 Å². The Morgan fingerprint density at radius 3 is 2.92 bits per heavy atom. The molecule has 0 spiro atoms. The second-order valence-electron chi connectivity index (χ2n) is 3.42. The van der Waals surface area contributed by atoms with Gasteiger partial charge in [-0.05, 0) is 37.0 Å². The van der Waals surface area contributed by atoms with E-state index in [0.29, 0.717) is 0 Å². The second kappa shape index (κ2) is 3.25. The molecule has 13 heavy (non-hydrogen) atoms. The smallest absolute Gasteiger partial charge is 0.122 e. The highest BCUT2D eigenvalue weighted by Gasteiger charge is 2.11. The molecule has 0 amide bonds. The van der Waals surface area contributed by atoms with Crippen LogP contribution in [0.25, 0.3) is 6.08 Å². The van der Waals surface area contributed by atoms with Crippen molar-refractivity contribution in [2.75, 3.05) is 7.11 Å². The van der Waals surface area contributed by atoms with Crippen molar-refractivity contribution in [3.8, 4) is 5.75 Å². The molecule has 1 aromatic rings. The first kappa shape index (κ1) is 8.36. The van der Waals surface area contributed by atoms with Crippen molar-refractivity contribution < 1.29 is 4.74 Å². The zero-order valence-electron chi connectivity index (χ0n) is 8.13. The summed E-state index contributed by atoms with van der Waals surface area (Å²) in [4.78, 5) is 0. The largest absolute Gasteiger partial charge is 0.496 e. The molecule has 0 unspecified atom stereocenters. The van der Waals surface area contributed by atoms with Crippen molar-refractivity contribution in [3.63, 3.8) is 0 Å². The predicted octanol–water partition coefficient (Wildman–Crippen LogP) is 2.96. The molecule has 0 aliphatic heterocycles. The van der Waals surface area contributed by atoms with Gasteiger partial charge in [-0.25, -0.2) is 0 Å². The van der Waals surface area contributed by atoms with Crippen LogP contribution in [0.4, 0.5) is 0 Å². The van der Waals surface area contributed by atoms with E-state index in [2.05, 4.69) is 31.2 Å². The number of benzene rings is 1. The summed E-state index contributed by atoms with van der Waals surface area (Å²) in [6.45, 7) is 2.15. The number of hydrogen-bond acceptors (Lipinski definition) is 1. The van der Waals surface area contributed by atoms with Crippen LogP contribution in [-0.2, 0) is 6.42 Å². The number of methoxy groups -OCH3 is 1. The first-order valence-electron chi connectivity index (χ1n) is 4.66. The molecule has 1 aliphatic carbocycles. The molecule has 1 heteroatoms. The lowest BCUT2D eigenvalue weighted by Gasteiger charge is -2.16. The highest BCUT2D eigenvalue weighted by molar-refractivity contribution is 5.63. The van der Waals surface area contributed by atoms with Crippen molar-refractivity contribution >= 4 is 6.08 Å². The summed E-state index contributed by atoms with van der Waals surface area (Å²) in [7, 11) is 1.74. The summed E-state index contributed by atoms with van der Waals surface area (Å²) in [5.74, 6) is 1.03. The van der Waals surface area contributed by atoms with Crippen LogP contribution in [0.2, 0.25) is 0 Å². The fourth-order valence-electron chi connectivity index (χ4n) is 1.87. The molecule has 0 radical (unpaired) electrons. The molecule has 1 aliphatic rings. The molecular formula is C12H14O. The third-order valence-electron chi connectivity index (χ3n) is 2.60. The molecule has 0 fully saturated rings. The third-order valence-corrected chi connectivity index (χ3v) is 2.60. The van der Waals surface area contributed by atoms with Gasteiger partial charge in [0.15, 0.2) is 0 Å². The normalized spacial score (nSPS) is 14.0. The van der Waals surface area contributed by atoms with Crippen LogP contribution in [0.15, 0.2) is 18.2 Å². The number of rotatable bonds is 1. The van der Waals surface area contributed by atoms with E-state index in [-0.39, 0.29) is 0 Å². The Labute approximate surface area is 79.0 Å². The summed E-state index contributed by atoms with van der Waals surface area (Å²) >= 11 is 0. The SMILES string of the molecule is COc1ccc(C)c2c1CCC=C2. The maximum atomic E-state index is 5.33. The average Bonchev–Trinajstić information content (AvgIpc) is 2.19. The molecule has 68 valence electrons. The Morgan fingerprint density at radius 1 is 1.31 bits per heavy atom. The van der Waals surface area contributed by atoms with Gasteiger partial charge in [0.25, 0.3) is 0 Å². The van der Waals surface area contributed by atoms with Gasteiger partial charge in [-0.3, -0.25) is 0 Å². The standard InChI is InChI=1S/C12H14O/c1-9-7-8-12(13-2)11-6-4-3-5-10(9)11/h3,5,7-8H,4,6H2,1-2H3. The topological polar surface area (TPSA) is 9.23 Å². The van der Waals surface area contributed by atoms with E-state index in [1.54, 1.807) is 7.11 Å². The van der Waals surface area contributed by atoms with E-state index < -0.39 is 0 Å². The lowest BCUT2D eigenvalue weighted by atomic mass is 9.93. The monoisotopic (exact) mass is 174 g/mol. The molecule has 0 saturated carbocycles. The van der Waals surface area contributed by atoms with Gasteiger partial charge in [0.05, 0.1) is 7.11 Å². The van der Waals surface area contributed by atoms with Crippen molar-refractivity contribution in [3.05, 3.63) is 34.9 Å². The van der Waals surface area contributed by atoms with E-state index in [1.807, 2.05) is 0 Å². The van der Waals surface area contributed by atoms with E-state index in [4.69, 9.17) is 4.74 Å². The van der Waals surface area contributed by atoms with Crippen molar-refractivity contribution in [1.29, 1.82) is 0 Å². The fraction of sp³-hybridized carbons (Fsp3) is 0.333. The zero-order chi connectivity index (χ0) is 9.26. The van der Waals surface area contributed by atoms with Crippen LogP contribution in [0.1, 0.15) is 23.1 Å². The Hall–Kier alpha value is -1.24. The molecule has 1 aromatic carbocycles. The van der Waals surface area contributed by atoms with Crippen LogP contribution in [0, 0.1) is 6.92 Å². The van der Waals surface area contributed by atoms with Gasteiger partial charge < -0.3 is 4.74 Å². The van der Waals surface area contributed by atoms with Gasteiger partial charge in [0.1, 0.15) is 5.75 Å². The van der Waals surface area contributed by atoms with Gasteiger partial charge in [-0.15, -0.1) is 0 Å². The van der Waals surface area contributed by atoms with Gasteiger partial charge in [-0.2, -0.15) is 0 Å². The first-order chi connectivity index (χ1) is 6.33. The minimum absolute atomic E-state index is 1.03. The van der Waals surface area contributed by atoms with E-state index in [9.17, 15) is 0 Å². The average molecular weight is 174 g/mol. The van der Waals surface area contributed by atoms with Gasteiger partial charge in [0, 0.05) is 5.56 Å². The van der Waals surface area contributed by atoms with Gasteiger partial charge in [0.2, 0.25) is 0 Å². The maximum Gasteiger partial charge on any atom is 0.122 e. The summed E-state index contributed by atoms with van der Waals surface area (Å²) in [6, 6.07) is 4.18. The lowest BCUT2D eigenvalue weighted by Crippen LogP contribution is -2.00. The number of fused-ring (bicyclic) bond motifs is 1. The molecule has 0 heterocycles. The summed E-state index contributed by atoms with van der Waals surface area (Å²) in [5.41, 5.74) is 4.06. The van der Waals surface area contributed by atoms with E-state index in [1.165, 1.54) is 16.7 Å². The Bertz CT molecular complexity index is 350. The molecule has 0 atom stereocenters. The first-order valence-corrected chi connectivity index (χ1v) is 4.66. The Balaban J connectivity index is 2.61. The third kappa shape index (κ3) is 1.35. The Kier molecular flexibility index (Phi) is 2.09. The highest BCUT2D eigenvalue weighted by Crippen LogP contribution is 2.30. The minimum Gasteiger partial charge on any atom is -0.496 e. The molecule has 0 bridgehead atoms. The summed E-state index contributed by atoms with van der Waals surface area (Å²) < 4.78 is 5.33. The number of ether oxygens (including phenoxy) is 1. The van der Waals surface area contributed by atoms with Gasteiger partial charge >= 0.3 is 0 Å². The van der Waals surface area contributed by atoms with Gasteiger partial charge in [-0.1, -0.05) is 18.2 Å². The van der Waals surface area contributed by atoms with Crippen LogP contribution >= 0.6 is 0 Å². The molecular weight excluding hydrogens is 160 g/mol. The minimum atomic E-state index is 1.03. The van der Waals surface area contributed by atoms with Crippen LogP contribution in [0.3, 0.4) is 0 Å².